The molecule has 1 aliphatic heterocycles. The highest BCUT2D eigenvalue weighted by Crippen LogP contribution is 2.32. The van der Waals surface area contributed by atoms with Crippen LogP contribution in [0, 0.1) is 13.8 Å². The van der Waals surface area contributed by atoms with Gasteiger partial charge in [-0.25, -0.2) is 4.98 Å². The summed E-state index contributed by atoms with van der Waals surface area (Å²) in [6.45, 7) is 7.25. The fraction of sp³-hybridized carbons (Fsp3) is 0.421. The van der Waals surface area contributed by atoms with Gasteiger partial charge >= 0.3 is 0 Å². The average Bonchev–Trinajstić information content (AvgIpc) is 3.03. The molecule has 3 aromatic rings. The monoisotopic (exact) mass is 321 g/mol. The molecule has 1 N–H and O–H groups in total. The van der Waals surface area contributed by atoms with Crippen molar-refractivity contribution >= 4 is 11.0 Å². The molecule has 4 heterocycles. The van der Waals surface area contributed by atoms with Gasteiger partial charge < -0.3 is 4.98 Å². The zero-order valence-electron chi connectivity index (χ0n) is 14.3. The normalized spacial score (nSPS) is 19.0. The van der Waals surface area contributed by atoms with Crippen molar-refractivity contribution in [3.63, 3.8) is 0 Å². The summed E-state index contributed by atoms with van der Waals surface area (Å²) < 4.78 is 0. The van der Waals surface area contributed by atoms with Crippen LogP contribution >= 0.6 is 0 Å². The van der Waals surface area contributed by atoms with Gasteiger partial charge in [-0.1, -0.05) is 0 Å². The van der Waals surface area contributed by atoms with Crippen molar-refractivity contribution in [1.82, 2.24) is 25.1 Å². The average molecular weight is 321 g/mol. The lowest BCUT2D eigenvalue weighted by atomic mass is 9.90. The molecule has 0 radical (unpaired) electrons. The molecule has 0 unspecified atom stereocenters. The lowest BCUT2D eigenvalue weighted by Gasteiger charge is -2.33. The molecule has 3 aromatic heterocycles. The van der Waals surface area contributed by atoms with E-state index < -0.39 is 0 Å². The first-order valence-corrected chi connectivity index (χ1v) is 8.65. The van der Waals surface area contributed by atoms with E-state index in [1.807, 2.05) is 19.2 Å². The van der Waals surface area contributed by atoms with Crippen molar-refractivity contribution in [2.45, 2.75) is 39.2 Å². The zero-order chi connectivity index (χ0) is 16.5. The van der Waals surface area contributed by atoms with Gasteiger partial charge in [-0.05, 0) is 68.5 Å². The summed E-state index contributed by atoms with van der Waals surface area (Å²) in [5.41, 5.74) is 5.73. The molecular formula is C19H23N5. The van der Waals surface area contributed by atoms with Crippen molar-refractivity contribution < 1.29 is 0 Å². The molecule has 0 aliphatic carbocycles. The van der Waals surface area contributed by atoms with Gasteiger partial charge in [0.15, 0.2) is 0 Å². The third kappa shape index (κ3) is 2.91. The van der Waals surface area contributed by atoms with Crippen molar-refractivity contribution in [2.24, 2.45) is 0 Å². The number of nitrogens with zero attached hydrogens (tertiary/aromatic N) is 4. The predicted octanol–water partition coefficient (Wildman–Crippen LogP) is 3.35. The first-order valence-electron chi connectivity index (χ1n) is 8.65. The van der Waals surface area contributed by atoms with Gasteiger partial charge in [-0.2, -0.15) is 10.2 Å². The van der Waals surface area contributed by atoms with Crippen molar-refractivity contribution in [3.05, 3.63) is 53.1 Å². The number of nitrogens with one attached hydrogen (secondary N) is 1. The molecule has 0 amide bonds. The first-order chi connectivity index (χ1) is 11.7. The van der Waals surface area contributed by atoms with E-state index in [1.54, 1.807) is 0 Å². The Morgan fingerprint density at radius 3 is 3.12 bits per heavy atom. The Bertz CT molecular complexity index is 854. The number of fused-ring (bicyclic) bond motifs is 1. The fourth-order valence-electron chi connectivity index (χ4n) is 3.77. The Hall–Kier alpha value is -2.27. The van der Waals surface area contributed by atoms with E-state index >= 15 is 0 Å². The van der Waals surface area contributed by atoms with Gasteiger partial charge in [0.25, 0.3) is 0 Å². The summed E-state index contributed by atoms with van der Waals surface area (Å²) in [7, 11) is 0. The van der Waals surface area contributed by atoms with E-state index in [0.717, 1.165) is 36.7 Å². The third-order valence-corrected chi connectivity index (χ3v) is 5.03. The molecular weight excluding hydrogens is 298 g/mol. The van der Waals surface area contributed by atoms with Crippen LogP contribution < -0.4 is 0 Å². The minimum atomic E-state index is 0.563. The molecule has 0 bridgehead atoms. The summed E-state index contributed by atoms with van der Waals surface area (Å²) >= 11 is 0. The first kappa shape index (κ1) is 15.3. The van der Waals surface area contributed by atoms with Crippen molar-refractivity contribution in [1.29, 1.82) is 0 Å². The summed E-state index contributed by atoms with van der Waals surface area (Å²) in [6.07, 6.45) is 6.46. The van der Waals surface area contributed by atoms with E-state index in [-0.39, 0.29) is 0 Å². The van der Waals surface area contributed by atoms with Gasteiger partial charge in [0.1, 0.15) is 5.65 Å². The van der Waals surface area contributed by atoms with E-state index in [1.165, 1.54) is 29.4 Å². The molecule has 1 saturated heterocycles. The number of piperidine rings is 1. The van der Waals surface area contributed by atoms with Crippen LogP contribution in [0.3, 0.4) is 0 Å². The molecule has 1 fully saturated rings. The maximum atomic E-state index is 4.42. The lowest BCUT2D eigenvalue weighted by Crippen LogP contribution is -2.34. The van der Waals surface area contributed by atoms with Crippen LogP contribution in [0.1, 0.15) is 41.3 Å². The maximum Gasteiger partial charge on any atom is 0.137 e. The highest BCUT2D eigenvalue weighted by Gasteiger charge is 2.24. The maximum absolute atomic E-state index is 4.42. The second-order valence-corrected chi connectivity index (χ2v) is 6.81. The molecule has 1 atom stereocenters. The number of aromatic amines is 1. The number of rotatable bonds is 3. The van der Waals surface area contributed by atoms with Gasteiger partial charge in [0.05, 0.1) is 11.4 Å². The molecule has 1 aliphatic rings. The summed E-state index contributed by atoms with van der Waals surface area (Å²) in [6, 6.07) is 6.37. The van der Waals surface area contributed by atoms with Crippen molar-refractivity contribution in [2.75, 3.05) is 13.1 Å². The second-order valence-electron chi connectivity index (χ2n) is 6.81. The molecule has 0 aromatic carbocycles. The molecule has 0 spiro atoms. The van der Waals surface area contributed by atoms with Crippen LogP contribution in [0.5, 0.6) is 0 Å². The number of likely N-dealkylation sites (tertiary alicyclic amines) is 1. The van der Waals surface area contributed by atoms with Crippen LogP contribution in [0.15, 0.2) is 30.6 Å². The molecule has 124 valence electrons. The van der Waals surface area contributed by atoms with Crippen LogP contribution in [0.2, 0.25) is 0 Å². The number of hydrogen-bond donors (Lipinski definition) is 1. The fourth-order valence-corrected chi connectivity index (χ4v) is 3.77. The molecule has 4 rings (SSSR count). The summed E-state index contributed by atoms with van der Waals surface area (Å²) in [5, 5.41) is 9.67. The zero-order valence-corrected chi connectivity index (χ0v) is 14.3. The van der Waals surface area contributed by atoms with E-state index in [4.69, 9.17) is 0 Å². The van der Waals surface area contributed by atoms with Crippen LogP contribution in [-0.2, 0) is 6.54 Å². The second kappa shape index (κ2) is 6.32. The number of hydrogen-bond acceptors (Lipinski definition) is 4. The minimum absolute atomic E-state index is 0.563. The number of aryl methyl sites for hydroxylation is 2. The topological polar surface area (TPSA) is 57.7 Å². The van der Waals surface area contributed by atoms with Crippen LogP contribution in [-0.4, -0.2) is 38.2 Å². The smallest absolute Gasteiger partial charge is 0.137 e. The van der Waals surface area contributed by atoms with Gasteiger partial charge in [-0.15, -0.1) is 0 Å². The Kier molecular flexibility index (Phi) is 4.02. The van der Waals surface area contributed by atoms with Crippen LogP contribution in [0.25, 0.3) is 11.0 Å². The summed E-state index contributed by atoms with van der Waals surface area (Å²) in [4.78, 5) is 10.3. The SMILES string of the molecule is Cc1cc(CN2CCC[C@H](c3c[nH]c4ncccc34)C2)c(C)nn1. The molecule has 5 nitrogen and oxygen atoms in total. The van der Waals surface area contributed by atoms with Gasteiger partial charge in [0, 0.05) is 30.9 Å². The van der Waals surface area contributed by atoms with Crippen molar-refractivity contribution in [3.8, 4) is 0 Å². The Balaban J connectivity index is 1.54. The standard InChI is InChI=1S/C19H23N5/c1-13-9-16(14(2)23-22-13)12-24-8-4-5-15(11-24)18-10-21-19-17(18)6-3-7-20-19/h3,6-7,9-10,15H,4-5,8,11-12H2,1-2H3,(H,20,21)/t15-/m0/s1. The van der Waals surface area contributed by atoms with E-state index in [0.29, 0.717) is 5.92 Å². The molecule has 24 heavy (non-hydrogen) atoms. The predicted molar refractivity (Wildman–Crippen MR) is 94.9 cm³/mol. The van der Waals surface area contributed by atoms with E-state index in [9.17, 15) is 0 Å². The number of H-pyrrole nitrogens is 1. The molecule has 0 saturated carbocycles. The Morgan fingerprint density at radius 2 is 2.21 bits per heavy atom. The van der Waals surface area contributed by atoms with Gasteiger partial charge in [0.2, 0.25) is 0 Å². The minimum Gasteiger partial charge on any atom is -0.346 e. The van der Waals surface area contributed by atoms with Crippen LogP contribution in [0.4, 0.5) is 0 Å². The Labute approximate surface area is 142 Å². The number of aromatic nitrogens is 4. The third-order valence-electron chi connectivity index (χ3n) is 5.03. The largest absolute Gasteiger partial charge is 0.346 e. The molecule has 5 heteroatoms. The highest BCUT2D eigenvalue weighted by molar-refractivity contribution is 5.80. The quantitative estimate of drug-likeness (QED) is 0.804. The number of pyridine rings is 1. The lowest BCUT2D eigenvalue weighted by molar-refractivity contribution is 0.200. The van der Waals surface area contributed by atoms with E-state index in [2.05, 4.69) is 50.3 Å². The Morgan fingerprint density at radius 1 is 1.29 bits per heavy atom. The highest BCUT2D eigenvalue weighted by atomic mass is 15.1. The summed E-state index contributed by atoms with van der Waals surface area (Å²) in [5.74, 6) is 0.563. The van der Waals surface area contributed by atoms with Gasteiger partial charge in [-0.3, -0.25) is 4.90 Å².